The van der Waals surface area contributed by atoms with E-state index in [1.807, 2.05) is 55.5 Å². The van der Waals surface area contributed by atoms with Crippen molar-refractivity contribution < 1.29 is 9.53 Å². The molecular formula is C17H19NO2. The zero-order valence-electron chi connectivity index (χ0n) is 11.6. The molecular weight excluding hydrogens is 250 g/mol. The van der Waals surface area contributed by atoms with Gasteiger partial charge in [0.15, 0.2) is 0 Å². The molecule has 0 aliphatic carbocycles. The molecule has 0 radical (unpaired) electrons. The molecule has 2 N–H and O–H groups in total. The van der Waals surface area contributed by atoms with E-state index in [-0.39, 0.29) is 5.97 Å². The first-order chi connectivity index (χ1) is 9.65. The quantitative estimate of drug-likeness (QED) is 0.669. The van der Waals surface area contributed by atoms with Gasteiger partial charge in [0, 0.05) is 12.1 Å². The van der Waals surface area contributed by atoms with Crippen LogP contribution >= 0.6 is 0 Å². The molecule has 0 atom stereocenters. The zero-order valence-corrected chi connectivity index (χ0v) is 11.6. The highest BCUT2D eigenvalue weighted by atomic mass is 16.5. The van der Waals surface area contributed by atoms with Crippen molar-refractivity contribution >= 4 is 11.7 Å². The number of esters is 1. The molecule has 0 aliphatic heterocycles. The summed E-state index contributed by atoms with van der Waals surface area (Å²) in [6.45, 7) is 2.35. The molecule has 0 bridgehead atoms. The summed E-state index contributed by atoms with van der Waals surface area (Å²) in [5.41, 5.74) is 9.63. The molecule has 20 heavy (non-hydrogen) atoms. The van der Waals surface area contributed by atoms with E-state index < -0.39 is 0 Å². The molecule has 0 amide bonds. The Kier molecular flexibility index (Phi) is 4.77. The molecule has 0 saturated heterocycles. The number of nitrogen functional groups attached to an aromatic ring is 1. The Bertz CT molecular complexity index is 576. The lowest BCUT2D eigenvalue weighted by molar-refractivity contribution is -0.144. The molecule has 0 spiro atoms. The Labute approximate surface area is 119 Å². The Morgan fingerprint density at radius 1 is 1.10 bits per heavy atom. The van der Waals surface area contributed by atoms with Crippen molar-refractivity contribution in [2.75, 3.05) is 5.73 Å². The van der Waals surface area contributed by atoms with E-state index in [0.717, 1.165) is 22.4 Å². The second-order valence-electron chi connectivity index (χ2n) is 4.83. The van der Waals surface area contributed by atoms with Gasteiger partial charge in [-0.3, -0.25) is 4.79 Å². The molecule has 0 aliphatic rings. The maximum atomic E-state index is 11.7. The van der Waals surface area contributed by atoms with Crippen LogP contribution in [0.25, 0.3) is 0 Å². The van der Waals surface area contributed by atoms with Crippen LogP contribution in [-0.2, 0) is 22.6 Å². The molecule has 3 nitrogen and oxygen atoms in total. The van der Waals surface area contributed by atoms with Gasteiger partial charge in [-0.2, -0.15) is 0 Å². The average molecular weight is 269 g/mol. The number of anilines is 1. The van der Waals surface area contributed by atoms with E-state index in [4.69, 9.17) is 10.5 Å². The van der Waals surface area contributed by atoms with Crippen molar-refractivity contribution in [2.24, 2.45) is 0 Å². The van der Waals surface area contributed by atoms with Crippen LogP contribution in [0, 0.1) is 6.92 Å². The lowest BCUT2D eigenvalue weighted by Crippen LogP contribution is -2.06. The van der Waals surface area contributed by atoms with Gasteiger partial charge in [0.1, 0.15) is 6.61 Å². The van der Waals surface area contributed by atoms with Crippen molar-refractivity contribution in [3.8, 4) is 0 Å². The first kappa shape index (κ1) is 14.1. The largest absolute Gasteiger partial charge is 0.461 e. The van der Waals surface area contributed by atoms with E-state index in [1.54, 1.807) is 0 Å². The fourth-order valence-corrected chi connectivity index (χ4v) is 1.93. The third-order valence-electron chi connectivity index (χ3n) is 3.25. The van der Waals surface area contributed by atoms with Crippen molar-refractivity contribution in [1.29, 1.82) is 0 Å². The molecule has 0 fully saturated rings. The van der Waals surface area contributed by atoms with Gasteiger partial charge in [-0.05, 0) is 42.2 Å². The lowest BCUT2D eigenvalue weighted by atomic mass is 10.1. The van der Waals surface area contributed by atoms with Gasteiger partial charge >= 0.3 is 5.97 Å². The fourth-order valence-electron chi connectivity index (χ4n) is 1.93. The molecule has 104 valence electrons. The fraction of sp³-hybridized carbons (Fsp3) is 0.235. The monoisotopic (exact) mass is 269 g/mol. The molecule has 0 saturated carbocycles. The Hall–Kier alpha value is -2.29. The number of rotatable bonds is 5. The number of benzene rings is 2. The smallest absolute Gasteiger partial charge is 0.306 e. The lowest BCUT2D eigenvalue weighted by Gasteiger charge is -2.07. The predicted octanol–water partition coefficient (Wildman–Crippen LogP) is 3.25. The van der Waals surface area contributed by atoms with Crippen LogP contribution in [0.5, 0.6) is 0 Å². The highest BCUT2D eigenvalue weighted by Gasteiger charge is 2.05. The number of nitrogens with two attached hydrogens (primary N) is 1. The maximum absolute atomic E-state index is 11.7. The van der Waals surface area contributed by atoms with Gasteiger partial charge in [0.05, 0.1) is 0 Å². The molecule has 0 heterocycles. The van der Waals surface area contributed by atoms with E-state index in [0.29, 0.717) is 19.4 Å². The average Bonchev–Trinajstić information content (AvgIpc) is 2.46. The summed E-state index contributed by atoms with van der Waals surface area (Å²) in [6.07, 6.45) is 1.06. The second kappa shape index (κ2) is 6.75. The van der Waals surface area contributed by atoms with E-state index in [9.17, 15) is 4.79 Å². The number of aryl methyl sites for hydroxylation is 2. The third kappa shape index (κ3) is 4.12. The van der Waals surface area contributed by atoms with Crippen molar-refractivity contribution in [1.82, 2.24) is 0 Å². The Balaban J connectivity index is 1.78. The summed E-state index contributed by atoms with van der Waals surface area (Å²) in [5, 5.41) is 0. The Morgan fingerprint density at radius 3 is 2.50 bits per heavy atom. The molecule has 2 rings (SSSR count). The highest BCUT2D eigenvalue weighted by molar-refractivity contribution is 5.69. The summed E-state index contributed by atoms with van der Waals surface area (Å²) >= 11 is 0. The molecule has 0 aromatic heterocycles. The van der Waals surface area contributed by atoms with Crippen LogP contribution < -0.4 is 5.73 Å². The topological polar surface area (TPSA) is 52.3 Å². The van der Waals surface area contributed by atoms with Crippen LogP contribution in [0.3, 0.4) is 0 Å². The van der Waals surface area contributed by atoms with Crippen molar-refractivity contribution in [3.05, 3.63) is 65.2 Å². The number of hydrogen-bond donors (Lipinski definition) is 1. The van der Waals surface area contributed by atoms with Gasteiger partial charge in [0.25, 0.3) is 0 Å². The summed E-state index contributed by atoms with van der Waals surface area (Å²) in [5.74, 6) is -0.176. The van der Waals surface area contributed by atoms with Crippen LogP contribution in [0.15, 0.2) is 48.5 Å². The zero-order chi connectivity index (χ0) is 14.4. The summed E-state index contributed by atoms with van der Waals surface area (Å²) in [6, 6.07) is 15.5. The van der Waals surface area contributed by atoms with Gasteiger partial charge < -0.3 is 10.5 Å². The van der Waals surface area contributed by atoms with Gasteiger partial charge in [-0.1, -0.05) is 36.4 Å². The van der Waals surface area contributed by atoms with E-state index in [1.165, 1.54) is 0 Å². The highest BCUT2D eigenvalue weighted by Crippen LogP contribution is 2.11. The van der Waals surface area contributed by atoms with Crippen molar-refractivity contribution in [3.63, 3.8) is 0 Å². The predicted molar refractivity (Wildman–Crippen MR) is 80.2 cm³/mol. The Morgan fingerprint density at radius 2 is 1.80 bits per heavy atom. The molecule has 2 aromatic rings. The maximum Gasteiger partial charge on any atom is 0.306 e. The SMILES string of the molecule is Cc1ccccc1COC(=O)CCc1ccc(N)cc1. The van der Waals surface area contributed by atoms with Gasteiger partial charge in [-0.15, -0.1) is 0 Å². The number of carbonyl (C=O) groups excluding carboxylic acids is 1. The first-order valence-corrected chi connectivity index (χ1v) is 6.69. The van der Waals surface area contributed by atoms with E-state index in [2.05, 4.69) is 0 Å². The van der Waals surface area contributed by atoms with Crippen LogP contribution in [0.1, 0.15) is 23.1 Å². The minimum atomic E-state index is -0.176. The molecule has 3 heteroatoms. The van der Waals surface area contributed by atoms with Crippen LogP contribution in [0.2, 0.25) is 0 Å². The van der Waals surface area contributed by atoms with Crippen LogP contribution in [0.4, 0.5) is 5.69 Å². The minimum Gasteiger partial charge on any atom is -0.461 e. The summed E-state index contributed by atoms with van der Waals surface area (Å²) < 4.78 is 5.29. The van der Waals surface area contributed by atoms with Crippen LogP contribution in [-0.4, -0.2) is 5.97 Å². The van der Waals surface area contributed by atoms with E-state index >= 15 is 0 Å². The first-order valence-electron chi connectivity index (χ1n) is 6.69. The molecule has 0 unspecified atom stereocenters. The normalized spacial score (nSPS) is 10.2. The standard InChI is InChI=1S/C17H19NO2/c1-13-4-2-3-5-15(13)12-20-17(19)11-8-14-6-9-16(18)10-7-14/h2-7,9-10H,8,11-12,18H2,1H3. The summed E-state index contributed by atoms with van der Waals surface area (Å²) in [4.78, 5) is 11.7. The summed E-state index contributed by atoms with van der Waals surface area (Å²) in [7, 11) is 0. The second-order valence-corrected chi connectivity index (χ2v) is 4.83. The number of carbonyl (C=O) groups is 1. The van der Waals surface area contributed by atoms with Gasteiger partial charge in [0.2, 0.25) is 0 Å². The number of ether oxygens (including phenoxy) is 1. The minimum absolute atomic E-state index is 0.176. The third-order valence-corrected chi connectivity index (χ3v) is 3.25. The van der Waals surface area contributed by atoms with Crippen molar-refractivity contribution in [2.45, 2.75) is 26.4 Å². The molecule has 2 aromatic carbocycles. The number of hydrogen-bond acceptors (Lipinski definition) is 3. The van der Waals surface area contributed by atoms with Gasteiger partial charge in [-0.25, -0.2) is 0 Å².